The van der Waals surface area contributed by atoms with Crippen molar-refractivity contribution >= 4 is 11.9 Å². The molecule has 0 N–H and O–H groups in total. The molecule has 0 aromatic heterocycles. The number of methoxy groups -OCH3 is 1. The Balaban J connectivity index is 3.60. The lowest BCUT2D eigenvalue weighted by Crippen LogP contribution is -2.27. The average molecular weight is 631 g/mol. The highest BCUT2D eigenvalue weighted by molar-refractivity contribution is 5.69. The summed E-state index contributed by atoms with van der Waals surface area (Å²) in [6, 6.07) is 0. The molecule has 0 aromatic rings. The molecular weight excluding hydrogens is 560 g/mol. The van der Waals surface area contributed by atoms with Gasteiger partial charge < -0.3 is 14.2 Å². The second kappa shape index (κ2) is 36.3. The summed E-state index contributed by atoms with van der Waals surface area (Å²) in [5.41, 5.74) is 0. The Morgan fingerprint density at radius 3 is 1.31 bits per heavy atom. The molecule has 5 nitrogen and oxygen atoms in total. The van der Waals surface area contributed by atoms with Crippen LogP contribution in [0.4, 0.5) is 0 Å². The smallest absolute Gasteiger partial charge is 0.305 e. The Morgan fingerprint density at radius 2 is 0.867 bits per heavy atom. The first-order valence-corrected chi connectivity index (χ1v) is 18.6. The third-order valence-electron chi connectivity index (χ3n) is 7.87. The van der Waals surface area contributed by atoms with Crippen molar-refractivity contribution < 1.29 is 23.8 Å². The first-order chi connectivity index (χ1) is 22.1. The quantitative estimate of drug-likeness (QED) is 0.0410. The minimum atomic E-state index is -0.423. The van der Waals surface area contributed by atoms with Crippen LogP contribution in [-0.2, 0) is 23.8 Å². The monoisotopic (exact) mass is 631 g/mol. The van der Waals surface area contributed by atoms with Gasteiger partial charge in [0, 0.05) is 20.0 Å². The van der Waals surface area contributed by atoms with Gasteiger partial charge in [-0.15, -0.1) is 0 Å². The molecule has 45 heavy (non-hydrogen) atoms. The molecule has 0 aromatic carbocycles. The number of unbranched alkanes of at least 4 members (excludes halogenated alkanes) is 16. The number of allylic oxidation sites excluding steroid dienone is 8. The zero-order valence-corrected chi connectivity index (χ0v) is 29.6. The Hall–Kier alpha value is -2.14. The average Bonchev–Trinajstić information content (AvgIpc) is 3.04. The number of carbonyl (C=O) groups excluding carboxylic acids is 2. The Labute approximate surface area is 278 Å². The van der Waals surface area contributed by atoms with Crippen LogP contribution in [-0.4, -0.2) is 38.4 Å². The first-order valence-electron chi connectivity index (χ1n) is 18.6. The minimum Gasteiger partial charge on any atom is -0.463 e. The molecule has 0 aliphatic rings. The van der Waals surface area contributed by atoms with E-state index in [4.69, 9.17) is 14.2 Å². The molecule has 0 radical (unpaired) electrons. The minimum absolute atomic E-state index is 0.118. The molecule has 0 heterocycles. The van der Waals surface area contributed by atoms with Crippen molar-refractivity contribution in [1.29, 1.82) is 0 Å². The predicted molar refractivity (Wildman–Crippen MR) is 191 cm³/mol. The fraction of sp³-hybridized carbons (Fsp3) is 0.750. The van der Waals surface area contributed by atoms with Gasteiger partial charge in [-0.2, -0.15) is 0 Å². The van der Waals surface area contributed by atoms with Gasteiger partial charge in [0.1, 0.15) is 19.3 Å². The molecule has 0 aliphatic heterocycles. The maximum Gasteiger partial charge on any atom is 0.305 e. The molecule has 0 saturated heterocycles. The molecule has 260 valence electrons. The third kappa shape index (κ3) is 34.6. The maximum atomic E-state index is 12.1. The van der Waals surface area contributed by atoms with Gasteiger partial charge in [0.2, 0.25) is 0 Å². The SMILES string of the molecule is CC/C=C\C/C=C\C/C=C\CCCCCCCC(=O)OCC(COC(=O)CCCCCCC/C=C\CCCCCCCC)OC. The van der Waals surface area contributed by atoms with Gasteiger partial charge in [0.05, 0.1) is 0 Å². The summed E-state index contributed by atoms with van der Waals surface area (Å²) in [5, 5.41) is 0. The maximum absolute atomic E-state index is 12.1. The van der Waals surface area contributed by atoms with Crippen LogP contribution in [0, 0.1) is 0 Å². The third-order valence-corrected chi connectivity index (χ3v) is 7.87. The van der Waals surface area contributed by atoms with E-state index in [2.05, 4.69) is 62.5 Å². The number of carbonyl (C=O) groups is 2. The van der Waals surface area contributed by atoms with Crippen LogP contribution >= 0.6 is 0 Å². The summed E-state index contributed by atoms with van der Waals surface area (Å²) >= 11 is 0. The lowest BCUT2D eigenvalue weighted by atomic mass is 10.1. The molecule has 0 rings (SSSR count). The molecule has 0 saturated carbocycles. The van der Waals surface area contributed by atoms with Crippen molar-refractivity contribution in [3.05, 3.63) is 48.6 Å². The van der Waals surface area contributed by atoms with Crippen LogP contribution in [0.3, 0.4) is 0 Å². The normalized spacial score (nSPS) is 12.7. The number of esters is 2. The number of hydrogen-bond donors (Lipinski definition) is 0. The van der Waals surface area contributed by atoms with Crippen molar-refractivity contribution in [2.45, 2.75) is 174 Å². The number of rotatable bonds is 33. The first kappa shape index (κ1) is 42.9. The predicted octanol–water partition coefficient (Wildman–Crippen LogP) is 11.7. The van der Waals surface area contributed by atoms with Crippen LogP contribution < -0.4 is 0 Å². The van der Waals surface area contributed by atoms with Gasteiger partial charge in [-0.1, -0.05) is 133 Å². The molecule has 0 aliphatic carbocycles. The Bertz CT molecular complexity index is 767. The number of ether oxygens (including phenoxy) is 3. The molecule has 0 spiro atoms. The van der Waals surface area contributed by atoms with Gasteiger partial charge in [-0.3, -0.25) is 9.59 Å². The second-order valence-corrected chi connectivity index (χ2v) is 12.2. The van der Waals surface area contributed by atoms with Crippen molar-refractivity contribution in [2.24, 2.45) is 0 Å². The van der Waals surface area contributed by atoms with E-state index in [-0.39, 0.29) is 25.2 Å². The van der Waals surface area contributed by atoms with Crippen LogP contribution in [0.25, 0.3) is 0 Å². The summed E-state index contributed by atoms with van der Waals surface area (Å²) in [7, 11) is 1.55. The highest BCUT2D eigenvalue weighted by Crippen LogP contribution is 2.11. The van der Waals surface area contributed by atoms with Crippen molar-refractivity contribution in [3.63, 3.8) is 0 Å². The van der Waals surface area contributed by atoms with E-state index < -0.39 is 6.10 Å². The van der Waals surface area contributed by atoms with Crippen LogP contribution in [0.1, 0.15) is 168 Å². The molecule has 1 unspecified atom stereocenters. The van der Waals surface area contributed by atoms with Gasteiger partial charge in [0.25, 0.3) is 0 Å². The van der Waals surface area contributed by atoms with Crippen LogP contribution in [0.5, 0.6) is 0 Å². The van der Waals surface area contributed by atoms with E-state index in [9.17, 15) is 9.59 Å². The Kier molecular flexibility index (Phi) is 34.6. The molecule has 1 atom stereocenters. The zero-order valence-electron chi connectivity index (χ0n) is 29.6. The van der Waals surface area contributed by atoms with Gasteiger partial charge in [-0.05, 0) is 70.6 Å². The molecule has 0 fully saturated rings. The van der Waals surface area contributed by atoms with E-state index in [1.165, 1.54) is 70.6 Å². The lowest BCUT2D eigenvalue weighted by Gasteiger charge is -2.15. The lowest BCUT2D eigenvalue weighted by molar-refractivity contribution is -0.153. The molecule has 0 amide bonds. The standard InChI is InChI=1S/C40H70O5/c1-4-6-8-10-12-14-16-18-20-22-24-26-28-30-32-34-39(41)44-36-38(43-3)37-45-40(42)35-33-31-29-27-25-23-21-19-17-15-13-11-9-7-5-2/h6,8,12,14,18-21,38H,4-5,7,9-11,13,15-17,22-37H2,1-3H3/b8-6-,14-12-,20-18-,21-19-. The van der Waals surface area contributed by atoms with Crippen LogP contribution in [0.15, 0.2) is 48.6 Å². The van der Waals surface area contributed by atoms with E-state index in [0.29, 0.717) is 12.8 Å². The van der Waals surface area contributed by atoms with Crippen LogP contribution in [0.2, 0.25) is 0 Å². The Morgan fingerprint density at radius 1 is 0.489 bits per heavy atom. The van der Waals surface area contributed by atoms with Crippen molar-refractivity contribution in [2.75, 3.05) is 20.3 Å². The fourth-order valence-electron chi connectivity index (χ4n) is 4.93. The molecule has 0 bridgehead atoms. The van der Waals surface area contributed by atoms with Gasteiger partial charge in [-0.25, -0.2) is 0 Å². The van der Waals surface area contributed by atoms with Crippen molar-refractivity contribution in [3.8, 4) is 0 Å². The van der Waals surface area contributed by atoms with E-state index >= 15 is 0 Å². The van der Waals surface area contributed by atoms with E-state index in [1.54, 1.807) is 7.11 Å². The largest absolute Gasteiger partial charge is 0.463 e. The summed E-state index contributed by atoms with van der Waals surface area (Å²) in [4.78, 5) is 24.2. The van der Waals surface area contributed by atoms with Gasteiger partial charge >= 0.3 is 11.9 Å². The van der Waals surface area contributed by atoms with Crippen molar-refractivity contribution in [1.82, 2.24) is 0 Å². The highest BCUT2D eigenvalue weighted by Gasteiger charge is 2.14. The fourth-order valence-corrected chi connectivity index (χ4v) is 4.93. The summed E-state index contributed by atoms with van der Waals surface area (Å²) in [5.74, 6) is -0.415. The summed E-state index contributed by atoms with van der Waals surface area (Å²) < 4.78 is 16.1. The van der Waals surface area contributed by atoms with E-state index in [1.807, 2.05) is 0 Å². The molecular formula is C40H70O5. The van der Waals surface area contributed by atoms with E-state index in [0.717, 1.165) is 70.6 Å². The molecule has 5 heteroatoms. The number of hydrogen-bond acceptors (Lipinski definition) is 5. The van der Waals surface area contributed by atoms with Gasteiger partial charge in [0.15, 0.2) is 0 Å². The second-order valence-electron chi connectivity index (χ2n) is 12.2. The highest BCUT2D eigenvalue weighted by atomic mass is 16.6. The summed E-state index contributed by atoms with van der Waals surface area (Å²) in [6.07, 6.45) is 44.1. The zero-order chi connectivity index (χ0) is 32.9. The summed E-state index contributed by atoms with van der Waals surface area (Å²) in [6.45, 7) is 4.65. The topological polar surface area (TPSA) is 61.8 Å².